The fourth-order valence-electron chi connectivity index (χ4n) is 3.12. The molecule has 3 aromatic carbocycles. The lowest BCUT2D eigenvalue weighted by molar-refractivity contribution is -0.118. The molecule has 4 rings (SSSR count). The maximum Gasteiger partial charge on any atom is 0.262 e. The van der Waals surface area contributed by atoms with Crippen LogP contribution in [0.1, 0.15) is 25.3 Å². The normalized spacial score (nSPS) is 11.0. The van der Waals surface area contributed by atoms with E-state index in [2.05, 4.69) is 24.1 Å². The molecule has 5 heteroatoms. The smallest absolute Gasteiger partial charge is 0.262 e. The van der Waals surface area contributed by atoms with Gasteiger partial charge in [0.1, 0.15) is 11.3 Å². The summed E-state index contributed by atoms with van der Waals surface area (Å²) >= 11 is 0. The molecule has 0 radical (unpaired) electrons. The fraction of sp³-hybridized carbons (Fsp3) is 0.167. The summed E-state index contributed by atoms with van der Waals surface area (Å²) in [6.07, 6.45) is 0. The van der Waals surface area contributed by atoms with E-state index < -0.39 is 0 Å². The maximum absolute atomic E-state index is 12.3. The van der Waals surface area contributed by atoms with Gasteiger partial charge in [-0.15, -0.1) is 0 Å². The average Bonchev–Trinajstić information content (AvgIpc) is 3.17. The van der Waals surface area contributed by atoms with E-state index in [4.69, 9.17) is 9.15 Å². The van der Waals surface area contributed by atoms with Crippen molar-refractivity contribution in [3.8, 4) is 17.2 Å². The van der Waals surface area contributed by atoms with Gasteiger partial charge < -0.3 is 14.5 Å². The van der Waals surface area contributed by atoms with Crippen molar-refractivity contribution in [3.05, 3.63) is 78.4 Å². The lowest BCUT2D eigenvalue weighted by Crippen LogP contribution is -2.20. The van der Waals surface area contributed by atoms with Gasteiger partial charge >= 0.3 is 0 Å². The van der Waals surface area contributed by atoms with Crippen molar-refractivity contribution in [2.75, 3.05) is 11.9 Å². The van der Waals surface area contributed by atoms with Crippen LogP contribution < -0.4 is 10.1 Å². The molecule has 1 N–H and O–H groups in total. The van der Waals surface area contributed by atoms with Gasteiger partial charge in [-0.25, -0.2) is 4.98 Å². The second-order valence-corrected chi connectivity index (χ2v) is 7.09. The summed E-state index contributed by atoms with van der Waals surface area (Å²) in [6, 6.07) is 22.8. The van der Waals surface area contributed by atoms with Crippen molar-refractivity contribution in [1.29, 1.82) is 0 Å². The molecule has 0 fully saturated rings. The van der Waals surface area contributed by atoms with Gasteiger partial charge in [-0.3, -0.25) is 4.79 Å². The first-order valence-electron chi connectivity index (χ1n) is 9.58. The largest absolute Gasteiger partial charge is 0.483 e. The number of ether oxygens (including phenoxy) is 1. The Kier molecular flexibility index (Phi) is 5.29. The highest BCUT2D eigenvalue weighted by Crippen LogP contribution is 2.26. The van der Waals surface area contributed by atoms with Crippen LogP contribution in [0.5, 0.6) is 5.75 Å². The predicted molar refractivity (Wildman–Crippen MR) is 114 cm³/mol. The standard InChI is InChI=1S/C24H22N2O3/c1-16(2)19-7-3-5-9-21(19)28-15-23(27)25-18-13-11-17(12-14-18)24-26-20-8-4-6-10-22(20)29-24/h3-14,16H,15H2,1-2H3,(H,25,27). The van der Waals surface area contributed by atoms with Crippen molar-refractivity contribution in [2.45, 2.75) is 19.8 Å². The Morgan fingerprint density at radius 3 is 2.48 bits per heavy atom. The molecule has 0 unspecified atom stereocenters. The van der Waals surface area contributed by atoms with Crippen LogP contribution in [0, 0.1) is 0 Å². The number of nitrogens with zero attached hydrogens (tertiary/aromatic N) is 1. The third kappa shape index (κ3) is 4.29. The minimum absolute atomic E-state index is 0.0450. The summed E-state index contributed by atoms with van der Waals surface area (Å²) in [5, 5.41) is 2.85. The van der Waals surface area contributed by atoms with Crippen LogP contribution in [0.4, 0.5) is 5.69 Å². The Labute approximate surface area is 169 Å². The minimum atomic E-state index is -0.210. The molecule has 0 aliphatic carbocycles. The number of hydrogen-bond donors (Lipinski definition) is 1. The van der Waals surface area contributed by atoms with Crippen LogP contribution in [0.3, 0.4) is 0 Å². The first-order chi connectivity index (χ1) is 14.1. The third-order valence-corrected chi connectivity index (χ3v) is 4.61. The van der Waals surface area contributed by atoms with E-state index in [1.807, 2.05) is 72.8 Å². The Bertz CT molecular complexity index is 1100. The lowest BCUT2D eigenvalue weighted by atomic mass is 10.0. The number of oxazole rings is 1. The van der Waals surface area contributed by atoms with Gasteiger partial charge in [-0.2, -0.15) is 0 Å². The van der Waals surface area contributed by atoms with Crippen molar-refractivity contribution in [3.63, 3.8) is 0 Å². The second kappa shape index (κ2) is 8.19. The first kappa shape index (κ1) is 18.7. The third-order valence-electron chi connectivity index (χ3n) is 4.61. The summed E-state index contributed by atoms with van der Waals surface area (Å²) in [5.74, 6) is 1.41. The van der Waals surface area contributed by atoms with E-state index >= 15 is 0 Å². The molecular formula is C24H22N2O3. The number of rotatable bonds is 6. The van der Waals surface area contributed by atoms with Crippen LogP contribution in [-0.4, -0.2) is 17.5 Å². The number of carbonyl (C=O) groups is 1. The summed E-state index contributed by atoms with van der Waals surface area (Å²) in [4.78, 5) is 16.8. The zero-order valence-corrected chi connectivity index (χ0v) is 16.4. The molecule has 0 bridgehead atoms. The monoisotopic (exact) mass is 386 g/mol. The van der Waals surface area contributed by atoms with E-state index in [0.29, 0.717) is 17.5 Å². The molecule has 1 amide bonds. The molecule has 0 aliphatic rings. The molecule has 1 heterocycles. The number of para-hydroxylation sites is 3. The van der Waals surface area contributed by atoms with Crippen LogP contribution in [0.25, 0.3) is 22.6 Å². The minimum Gasteiger partial charge on any atom is -0.483 e. The summed E-state index contributed by atoms with van der Waals surface area (Å²) in [7, 11) is 0. The molecule has 4 aromatic rings. The highest BCUT2D eigenvalue weighted by molar-refractivity contribution is 5.92. The van der Waals surface area contributed by atoms with Crippen LogP contribution >= 0.6 is 0 Å². The van der Waals surface area contributed by atoms with Gasteiger partial charge in [0.25, 0.3) is 5.91 Å². The van der Waals surface area contributed by atoms with Crippen molar-refractivity contribution >= 4 is 22.7 Å². The molecule has 1 aromatic heterocycles. The Morgan fingerprint density at radius 1 is 1.00 bits per heavy atom. The van der Waals surface area contributed by atoms with E-state index in [1.54, 1.807) is 0 Å². The number of fused-ring (bicyclic) bond motifs is 1. The maximum atomic E-state index is 12.3. The fourth-order valence-corrected chi connectivity index (χ4v) is 3.12. The molecular weight excluding hydrogens is 364 g/mol. The number of amides is 1. The Hall–Kier alpha value is -3.60. The highest BCUT2D eigenvalue weighted by Gasteiger charge is 2.11. The molecule has 0 aliphatic heterocycles. The van der Waals surface area contributed by atoms with Gasteiger partial charge in [0.2, 0.25) is 5.89 Å². The van der Waals surface area contributed by atoms with Crippen LogP contribution in [0.2, 0.25) is 0 Å². The summed E-state index contributed by atoms with van der Waals surface area (Å²) in [5.41, 5.74) is 4.19. The van der Waals surface area contributed by atoms with E-state index in [9.17, 15) is 4.79 Å². The van der Waals surface area contributed by atoms with Gasteiger partial charge in [0, 0.05) is 11.3 Å². The number of nitrogens with one attached hydrogen (secondary N) is 1. The van der Waals surface area contributed by atoms with Crippen LogP contribution in [0.15, 0.2) is 77.2 Å². The SMILES string of the molecule is CC(C)c1ccccc1OCC(=O)Nc1ccc(-c2nc3ccccc3o2)cc1. The van der Waals surface area contributed by atoms with Crippen molar-refractivity contribution in [2.24, 2.45) is 0 Å². The molecule has 0 atom stereocenters. The molecule has 0 spiro atoms. The van der Waals surface area contributed by atoms with E-state index in [-0.39, 0.29) is 12.5 Å². The summed E-state index contributed by atoms with van der Waals surface area (Å²) in [6.45, 7) is 4.15. The molecule has 0 saturated carbocycles. The van der Waals surface area contributed by atoms with Gasteiger partial charge in [-0.05, 0) is 53.9 Å². The average molecular weight is 386 g/mol. The topological polar surface area (TPSA) is 64.4 Å². The number of aromatic nitrogens is 1. The van der Waals surface area contributed by atoms with E-state index in [1.165, 1.54) is 0 Å². The molecule has 146 valence electrons. The number of carbonyl (C=O) groups excluding carboxylic acids is 1. The van der Waals surface area contributed by atoms with Gasteiger partial charge in [0.15, 0.2) is 12.2 Å². The molecule has 5 nitrogen and oxygen atoms in total. The quantitative estimate of drug-likeness (QED) is 0.466. The number of anilines is 1. The zero-order chi connectivity index (χ0) is 20.2. The molecule has 0 saturated heterocycles. The first-order valence-corrected chi connectivity index (χ1v) is 9.58. The van der Waals surface area contributed by atoms with Crippen molar-refractivity contribution in [1.82, 2.24) is 4.98 Å². The molecule has 29 heavy (non-hydrogen) atoms. The second-order valence-electron chi connectivity index (χ2n) is 7.09. The highest BCUT2D eigenvalue weighted by atomic mass is 16.5. The van der Waals surface area contributed by atoms with Crippen LogP contribution in [-0.2, 0) is 4.79 Å². The van der Waals surface area contributed by atoms with Crippen molar-refractivity contribution < 1.29 is 13.9 Å². The number of benzene rings is 3. The summed E-state index contributed by atoms with van der Waals surface area (Å²) < 4.78 is 11.5. The lowest BCUT2D eigenvalue weighted by Gasteiger charge is -2.13. The Morgan fingerprint density at radius 2 is 1.72 bits per heavy atom. The Balaban J connectivity index is 1.39. The van der Waals surface area contributed by atoms with E-state index in [0.717, 1.165) is 28.0 Å². The zero-order valence-electron chi connectivity index (χ0n) is 16.4. The number of hydrogen-bond acceptors (Lipinski definition) is 4. The predicted octanol–water partition coefficient (Wildman–Crippen LogP) is 5.64. The van der Waals surface area contributed by atoms with Gasteiger partial charge in [-0.1, -0.05) is 44.2 Å². The van der Waals surface area contributed by atoms with Gasteiger partial charge in [0.05, 0.1) is 0 Å².